The second kappa shape index (κ2) is 6.83. The van der Waals surface area contributed by atoms with Gasteiger partial charge in [0.05, 0.1) is 0 Å². The zero-order chi connectivity index (χ0) is 18.0. The molecule has 0 fully saturated rings. The van der Waals surface area contributed by atoms with Crippen LogP contribution in [0.15, 0.2) is 29.9 Å². The normalized spacial score (nSPS) is 11.8. The number of hydrogen-bond acceptors (Lipinski definition) is 4. The average molecular weight is 370 g/mol. The van der Waals surface area contributed by atoms with Crippen molar-refractivity contribution < 1.29 is 19.4 Å². The minimum atomic E-state index is -4.44. The van der Waals surface area contributed by atoms with Gasteiger partial charge in [0.1, 0.15) is 22.9 Å². The van der Waals surface area contributed by atoms with Gasteiger partial charge in [-0.25, -0.2) is 9.97 Å². The van der Waals surface area contributed by atoms with Gasteiger partial charge in [-0.15, -0.1) is 11.3 Å². The number of rotatable bonds is 5. The summed E-state index contributed by atoms with van der Waals surface area (Å²) in [6, 6.07) is 3.61. The van der Waals surface area contributed by atoms with Crippen LogP contribution in [0.3, 0.4) is 0 Å². The number of carbonyl (C=O) groups is 1. The van der Waals surface area contributed by atoms with Crippen LogP contribution in [-0.2, 0) is 0 Å². The highest BCUT2D eigenvalue weighted by Gasteiger charge is 2.33. The summed E-state index contributed by atoms with van der Waals surface area (Å²) in [5.74, 6) is -0.707. The predicted molar refractivity (Wildman–Crippen MR) is 91.6 cm³/mol. The van der Waals surface area contributed by atoms with Gasteiger partial charge in [-0.3, -0.25) is 4.79 Å². The van der Waals surface area contributed by atoms with Gasteiger partial charge in [0.15, 0.2) is 0 Å². The van der Waals surface area contributed by atoms with E-state index in [0.717, 1.165) is 15.8 Å². The standard InChI is InChI=1S/C16H15F3N4OS.H2/c1-2-7-23(9-16(17,18)19)15(24)12-8-25-14(22-12)11-4-6-21-13-10(11)3-5-20-13;/h3-6,8H,2,7,9H2,1H3,(H,20,21);1H. The third kappa shape index (κ3) is 3.81. The van der Waals surface area contributed by atoms with Gasteiger partial charge in [-0.05, 0) is 18.6 Å². The van der Waals surface area contributed by atoms with Gasteiger partial charge in [-0.2, -0.15) is 13.2 Å². The molecule has 0 radical (unpaired) electrons. The van der Waals surface area contributed by atoms with Crippen molar-refractivity contribution >= 4 is 28.3 Å². The largest absolute Gasteiger partial charge is 0.406 e. The number of aromatic nitrogens is 3. The number of thiazole rings is 1. The van der Waals surface area contributed by atoms with E-state index < -0.39 is 18.6 Å². The molecule has 0 bridgehead atoms. The van der Waals surface area contributed by atoms with Gasteiger partial charge in [0.2, 0.25) is 0 Å². The molecule has 3 rings (SSSR count). The molecular weight excluding hydrogens is 353 g/mol. The second-order valence-electron chi connectivity index (χ2n) is 5.48. The van der Waals surface area contributed by atoms with Crippen LogP contribution < -0.4 is 0 Å². The first-order valence-electron chi connectivity index (χ1n) is 7.63. The van der Waals surface area contributed by atoms with E-state index in [4.69, 9.17) is 0 Å². The van der Waals surface area contributed by atoms with Crippen molar-refractivity contribution in [1.29, 1.82) is 0 Å². The molecule has 0 atom stereocenters. The number of pyridine rings is 1. The van der Waals surface area contributed by atoms with E-state index in [9.17, 15) is 18.0 Å². The van der Waals surface area contributed by atoms with E-state index in [1.54, 1.807) is 25.4 Å². The Morgan fingerprint density at radius 3 is 2.92 bits per heavy atom. The number of aromatic amines is 1. The summed E-state index contributed by atoms with van der Waals surface area (Å²) in [4.78, 5) is 24.6. The summed E-state index contributed by atoms with van der Waals surface area (Å²) in [5, 5.41) is 2.91. The number of amides is 1. The van der Waals surface area contributed by atoms with Crippen molar-refractivity contribution in [3.05, 3.63) is 35.6 Å². The maximum absolute atomic E-state index is 12.7. The fraction of sp³-hybridized carbons (Fsp3) is 0.312. The van der Waals surface area contributed by atoms with E-state index in [-0.39, 0.29) is 13.7 Å². The Morgan fingerprint density at radius 2 is 2.20 bits per heavy atom. The molecule has 0 aliphatic carbocycles. The summed E-state index contributed by atoms with van der Waals surface area (Å²) in [6.07, 6.45) is -0.642. The van der Waals surface area contributed by atoms with Gasteiger partial charge in [0.25, 0.3) is 5.91 Å². The number of hydrogen-bond donors (Lipinski definition) is 1. The van der Waals surface area contributed by atoms with E-state index >= 15 is 0 Å². The average Bonchev–Trinajstić information content (AvgIpc) is 3.21. The van der Waals surface area contributed by atoms with Crippen LogP contribution in [0.25, 0.3) is 21.6 Å². The van der Waals surface area contributed by atoms with Crippen LogP contribution >= 0.6 is 11.3 Å². The topological polar surface area (TPSA) is 61.9 Å². The van der Waals surface area contributed by atoms with Crippen molar-refractivity contribution in [3.8, 4) is 10.6 Å². The number of halogens is 3. The molecule has 0 aliphatic heterocycles. The number of alkyl halides is 3. The summed E-state index contributed by atoms with van der Waals surface area (Å²) in [7, 11) is 0. The molecule has 1 amide bonds. The minimum Gasteiger partial charge on any atom is -0.346 e. The van der Waals surface area contributed by atoms with Crippen LogP contribution in [0.2, 0.25) is 0 Å². The third-order valence-electron chi connectivity index (χ3n) is 3.56. The summed E-state index contributed by atoms with van der Waals surface area (Å²) >= 11 is 1.22. The quantitative estimate of drug-likeness (QED) is 0.726. The number of nitrogens with zero attached hydrogens (tertiary/aromatic N) is 3. The number of nitrogens with one attached hydrogen (secondary N) is 1. The molecule has 25 heavy (non-hydrogen) atoms. The highest BCUT2D eigenvalue weighted by molar-refractivity contribution is 7.13. The highest BCUT2D eigenvalue weighted by Crippen LogP contribution is 2.30. The predicted octanol–water partition coefficient (Wildman–Crippen LogP) is 4.35. The fourth-order valence-corrected chi connectivity index (χ4v) is 3.38. The molecular formula is C16H17F3N4OS. The van der Waals surface area contributed by atoms with Crippen LogP contribution in [0.1, 0.15) is 25.3 Å². The smallest absolute Gasteiger partial charge is 0.346 e. The summed E-state index contributed by atoms with van der Waals surface area (Å²) in [5.41, 5.74) is 1.50. The van der Waals surface area contributed by atoms with Gasteiger partial charge in [0, 0.05) is 36.7 Å². The van der Waals surface area contributed by atoms with Crippen molar-refractivity contribution in [1.82, 2.24) is 19.9 Å². The lowest BCUT2D eigenvalue weighted by atomic mass is 10.2. The Kier molecular flexibility index (Phi) is 4.76. The minimum absolute atomic E-state index is 0. The van der Waals surface area contributed by atoms with Gasteiger partial charge < -0.3 is 9.88 Å². The third-order valence-corrected chi connectivity index (χ3v) is 4.44. The van der Waals surface area contributed by atoms with Crippen LogP contribution in [0, 0.1) is 0 Å². The SMILES string of the molecule is CCCN(CC(F)(F)F)C(=O)c1csc(-c2ccnc3[nH]ccc23)n1.[HH]. The zero-order valence-electron chi connectivity index (χ0n) is 13.3. The monoisotopic (exact) mass is 370 g/mol. The second-order valence-corrected chi connectivity index (χ2v) is 6.34. The number of fused-ring (bicyclic) bond motifs is 1. The van der Waals surface area contributed by atoms with Crippen LogP contribution in [0.5, 0.6) is 0 Å². The van der Waals surface area contributed by atoms with Crippen molar-refractivity contribution in [2.75, 3.05) is 13.1 Å². The highest BCUT2D eigenvalue weighted by atomic mass is 32.1. The molecule has 0 unspecified atom stereocenters. The van der Waals surface area contributed by atoms with E-state index in [2.05, 4.69) is 15.0 Å². The molecule has 9 heteroatoms. The Morgan fingerprint density at radius 1 is 1.40 bits per heavy atom. The molecule has 3 aromatic rings. The maximum Gasteiger partial charge on any atom is 0.406 e. The molecule has 134 valence electrons. The lowest BCUT2D eigenvalue weighted by Crippen LogP contribution is -2.39. The fourth-order valence-electron chi connectivity index (χ4n) is 2.54. The Labute approximate surface area is 147 Å². The first-order valence-corrected chi connectivity index (χ1v) is 8.51. The molecule has 1 N–H and O–H groups in total. The van der Waals surface area contributed by atoms with E-state index in [1.165, 1.54) is 16.7 Å². The Hall–Kier alpha value is -2.42. The van der Waals surface area contributed by atoms with Crippen LogP contribution in [0.4, 0.5) is 13.2 Å². The molecule has 3 heterocycles. The van der Waals surface area contributed by atoms with Gasteiger partial charge >= 0.3 is 6.18 Å². The zero-order valence-corrected chi connectivity index (χ0v) is 14.1. The maximum atomic E-state index is 12.7. The lowest BCUT2D eigenvalue weighted by Gasteiger charge is -2.22. The molecule has 3 aromatic heterocycles. The van der Waals surface area contributed by atoms with Gasteiger partial charge in [-0.1, -0.05) is 6.92 Å². The van der Waals surface area contributed by atoms with Crippen molar-refractivity contribution in [2.24, 2.45) is 0 Å². The number of H-pyrrole nitrogens is 1. The Bertz CT molecular complexity index is 893. The van der Waals surface area contributed by atoms with E-state index in [0.29, 0.717) is 17.1 Å². The molecule has 0 saturated heterocycles. The van der Waals surface area contributed by atoms with E-state index in [1.807, 2.05) is 6.07 Å². The summed E-state index contributed by atoms with van der Waals surface area (Å²) < 4.78 is 38.1. The van der Waals surface area contributed by atoms with Crippen molar-refractivity contribution in [3.63, 3.8) is 0 Å². The van der Waals surface area contributed by atoms with Crippen molar-refractivity contribution in [2.45, 2.75) is 19.5 Å². The molecule has 0 spiro atoms. The molecule has 0 aromatic carbocycles. The Balaban J connectivity index is 0.00000243. The first kappa shape index (κ1) is 17.4. The number of carbonyl (C=O) groups excluding carboxylic acids is 1. The molecule has 0 saturated carbocycles. The van der Waals surface area contributed by atoms with Crippen LogP contribution in [-0.4, -0.2) is 45.0 Å². The molecule has 0 aliphatic rings. The first-order chi connectivity index (χ1) is 11.9. The lowest BCUT2D eigenvalue weighted by molar-refractivity contribution is -0.140. The molecule has 5 nitrogen and oxygen atoms in total. The summed E-state index contributed by atoms with van der Waals surface area (Å²) in [6.45, 7) is 0.481.